The number of carbonyl (C=O) groups is 2. The van der Waals surface area contributed by atoms with Crippen molar-refractivity contribution in [2.75, 3.05) is 25.4 Å². The third kappa shape index (κ3) is 6.63. The zero-order valence-electron chi connectivity index (χ0n) is 23.0. The van der Waals surface area contributed by atoms with Gasteiger partial charge in [0.15, 0.2) is 11.0 Å². The van der Waals surface area contributed by atoms with Crippen molar-refractivity contribution in [1.82, 2.24) is 24.6 Å². The van der Waals surface area contributed by atoms with Crippen molar-refractivity contribution in [3.63, 3.8) is 0 Å². The van der Waals surface area contributed by atoms with Crippen LogP contribution in [0.4, 0.5) is 4.39 Å². The number of aromatic nitrogens is 3. The zero-order chi connectivity index (χ0) is 28.9. The van der Waals surface area contributed by atoms with Gasteiger partial charge in [-0.25, -0.2) is 4.39 Å². The van der Waals surface area contributed by atoms with Gasteiger partial charge in [0.2, 0.25) is 5.91 Å². The first kappa shape index (κ1) is 28.8. The molecule has 1 aliphatic heterocycles. The second-order valence-corrected chi connectivity index (χ2v) is 11.6. The number of hydrogen-bond acceptors (Lipinski definition) is 5. The molecule has 0 aliphatic carbocycles. The third-order valence-electron chi connectivity index (χ3n) is 7.12. The largest absolute Gasteiger partial charge is 0.339 e. The molecule has 0 N–H and O–H groups in total. The molecule has 10 heteroatoms. The van der Waals surface area contributed by atoms with Crippen LogP contribution in [0.15, 0.2) is 78.0 Å². The van der Waals surface area contributed by atoms with E-state index in [9.17, 15) is 14.0 Å². The number of halogens is 2. The Bertz CT molecular complexity index is 1540. The number of rotatable bonds is 8. The normalized spacial score (nSPS) is 15.3. The highest BCUT2D eigenvalue weighted by atomic mass is 35.5. The van der Waals surface area contributed by atoms with Crippen LogP contribution in [0, 0.1) is 12.7 Å². The maximum atomic E-state index is 14.1. The molecule has 1 atom stereocenters. The standard InChI is InChI=1S/C31H31ClFN5O2S/c1-21-12-14-23(15-13-21)29-34-35-31(38(29)25-8-5-7-24(32)19-25)41-18-6-11-28(39)36-16-17-37(22(2)20-36)30(40)26-9-3-4-10-27(26)33/h3-5,7-10,12-15,19,22H,6,11,16-18,20H2,1-2H3. The van der Waals surface area contributed by atoms with Crippen molar-refractivity contribution in [3.8, 4) is 17.1 Å². The first-order chi connectivity index (χ1) is 19.8. The zero-order valence-corrected chi connectivity index (χ0v) is 24.5. The molecule has 41 heavy (non-hydrogen) atoms. The van der Waals surface area contributed by atoms with E-state index in [0.717, 1.165) is 27.8 Å². The molecular formula is C31H31ClFN5O2S. The molecule has 5 rings (SSSR count). The average Bonchev–Trinajstić information content (AvgIpc) is 3.39. The number of hydrogen-bond donors (Lipinski definition) is 0. The van der Waals surface area contributed by atoms with Crippen molar-refractivity contribution in [2.24, 2.45) is 0 Å². The SMILES string of the molecule is Cc1ccc(-c2nnc(SCCCC(=O)N3CCN(C(=O)c4ccccc4F)C(C)C3)n2-c2cccc(Cl)c2)cc1. The lowest BCUT2D eigenvalue weighted by molar-refractivity contribution is -0.133. The van der Waals surface area contributed by atoms with Crippen molar-refractivity contribution >= 4 is 35.2 Å². The summed E-state index contributed by atoms with van der Waals surface area (Å²) in [5, 5.41) is 10.3. The fraction of sp³-hybridized carbons (Fsp3) is 0.290. The first-order valence-corrected chi connectivity index (χ1v) is 14.9. The second kappa shape index (κ2) is 12.9. The minimum Gasteiger partial charge on any atom is -0.339 e. The van der Waals surface area contributed by atoms with Crippen molar-refractivity contribution in [2.45, 2.75) is 37.9 Å². The van der Waals surface area contributed by atoms with Gasteiger partial charge in [-0.2, -0.15) is 0 Å². The van der Waals surface area contributed by atoms with Crippen LogP contribution in [0.1, 0.15) is 35.7 Å². The van der Waals surface area contributed by atoms with Crippen LogP contribution in [0.25, 0.3) is 17.1 Å². The molecule has 212 valence electrons. The molecule has 1 aromatic heterocycles. The lowest BCUT2D eigenvalue weighted by atomic mass is 10.1. The Morgan fingerprint density at radius 2 is 1.80 bits per heavy atom. The molecule has 7 nitrogen and oxygen atoms in total. The van der Waals surface area contributed by atoms with Gasteiger partial charge >= 0.3 is 0 Å². The Kier molecular flexibility index (Phi) is 9.05. The van der Waals surface area contributed by atoms with Gasteiger partial charge in [-0.1, -0.05) is 71.4 Å². The summed E-state index contributed by atoms with van der Waals surface area (Å²) in [5.41, 5.74) is 3.04. The highest BCUT2D eigenvalue weighted by molar-refractivity contribution is 7.99. The van der Waals surface area contributed by atoms with Gasteiger partial charge in [0.25, 0.3) is 5.91 Å². The van der Waals surface area contributed by atoms with E-state index in [1.54, 1.807) is 33.7 Å². The average molecular weight is 592 g/mol. The number of piperazine rings is 1. The van der Waals surface area contributed by atoms with Crippen LogP contribution in [-0.4, -0.2) is 67.8 Å². The minimum absolute atomic E-state index is 0.0482. The van der Waals surface area contributed by atoms with Crippen LogP contribution in [0.3, 0.4) is 0 Å². The van der Waals surface area contributed by atoms with Crippen molar-refractivity contribution in [3.05, 3.63) is 94.8 Å². The summed E-state index contributed by atoms with van der Waals surface area (Å²) in [7, 11) is 0. The van der Waals surface area contributed by atoms with E-state index in [0.29, 0.717) is 43.3 Å². The molecule has 0 spiro atoms. The van der Waals surface area contributed by atoms with E-state index in [4.69, 9.17) is 11.6 Å². The lowest BCUT2D eigenvalue weighted by Crippen LogP contribution is -2.55. The summed E-state index contributed by atoms with van der Waals surface area (Å²) in [6.07, 6.45) is 1.05. The monoisotopic (exact) mass is 591 g/mol. The highest BCUT2D eigenvalue weighted by Gasteiger charge is 2.31. The summed E-state index contributed by atoms with van der Waals surface area (Å²) in [4.78, 5) is 29.3. The molecule has 2 amide bonds. The molecule has 0 bridgehead atoms. The van der Waals surface area contributed by atoms with Crippen LogP contribution in [-0.2, 0) is 4.79 Å². The molecular weight excluding hydrogens is 561 g/mol. The fourth-order valence-electron chi connectivity index (χ4n) is 4.92. The van der Waals surface area contributed by atoms with E-state index < -0.39 is 5.82 Å². The molecule has 0 saturated carbocycles. The van der Waals surface area contributed by atoms with E-state index in [1.165, 1.54) is 12.1 Å². The summed E-state index contributed by atoms with van der Waals surface area (Å²) >= 11 is 7.85. The fourth-order valence-corrected chi connectivity index (χ4v) is 6.00. The molecule has 1 unspecified atom stereocenters. The lowest BCUT2D eigenvalue weighted by Gasteiger charge is -2.40. The predicted octanol–water partition coefficient (Wildman–Crippen LogP) is 6.28. The van der Waals surface area contributed by atoms with Gasteiger partial charge in [-0.15, -0.1) is 10.2 Å². The van der Waals surface area contributed by atoms with Crippen molar-refractivity contribution < 1.29 is 14.0 Å². The van der Waals surface area contributed by atoms with E-state index in [-0.39, 0.29) is 23.4 Å². The minimum atomic E-state index is -0.530. The van der Waals surface area contributed by atoms with Gasteiger partial charge < -0.3 is 9.80 Å². The topological polar surface area (TPSA) is 71.3 Å². The Labute approximate surface area is 248 Å². The summed E-state index contributed by atoms with van der Waals surface area (Å²) < 4.78 is 16.1. The molecule has 1 aliphatic rings. The number of nitrogens with zero attached hydrogens (tertiary/aromatic N) is 5. The Morgan fingerprint density at radius 1 is 1.02 bits per heavy atom. The Hall–Kier alpha value is -3.69. The number of amides is 2. The van der Waals surface area contributed by atoms with Gasteiger partial charge in [-0.3, -0.25) is 14.2 Å². The third-order valence-corrected chi connectivity index (χ3v) is 8.37. The summed E-state index contributed by atoms with van der Waals surface area (Å²) in [5.74, 6) is 0.583. The first-order valence-electron chi connectivity index (χ1n) is 13.6. The smallest absolute Gasteiger partial charge is 0.257 e. The molecule has 2 heterocycles. The van der Waals surface area contributed by atoms with E-state index >= 15 is 0 Å². The van der Waals surface area contributed by atoms with Crippen LogP contribution in [0.5, 0.6) is 0 Å². The van der Waals surface area contributed by atoms with Gasteiger partial charge in [0.05, 0.1) is 11.3 Å². The molecule has 0 radical (unpaired) electrons. The number of aryl methyl sites for hydroxylation is 1. The Balaban J connectivity index is 1.19. The molecule has 1 fully saturated rings. The van der Waals surface area contributed by atoms with Crippen LogP contribution < -0.4 is 0 Å². The predicted molar refractivity (Wildman–Crippen MR) is 160 cm³/mol. The van der Waals surface area contributed by atoms with E-state index in [1.807, 2.05) is 66.9 Å². The van der Waals surface area contributed by atoms with Crippen LogP contribution >= 0.6 is 23.4 Å². The quantitative estimate of drug-likeness (QED) is 0.178. The highest BCUT2D eigenvalue weighted by Crippen LogP contribution is 2.30. The number of thioether (sulfide) groups is 1. The van der Waals surface area contributed by atoms with Gasteiger partial charge in [-0.05, 0) is 50.6 Å². The summed E-state index contributed by atoms with van der Waals surface area (Å²) in [6.45, 7) is 5.16. The molecule has 1 saturated heterocycles. The Morgan fingerprint density at radius 3 is 2.54 bits per heavy atom. The number of carbonyl (C=O) groups excluding carboxylic acids is 2. The maximum absolute atomic E-state index is 14.1. The van der Waals surface area contributed by atoms with E-state index in [2.05, 4.69) is 10.2 Å². The van der Waals surface area contributed by atoms with Crippen molar-refractivity contribution in [1.29, 1.82) is 0 Å². The maximum Gasteiger partial charge on any atom is 0.257 e. The second-order valence-electron chi connectivity index (χ2n) is 10.1. The summed E-state index contributed by atoms with van der Waals surface area (Å²) in [6, 6.07) is 21.5. The number of benzene rings is 3. The molecule has 4 aromatic rings. The van der Waals surface area contributed by atoms with Gasteiger partial charge in [0, 0.05) is 48.4 Å². The van der Waals surface area contributed by atoms with Crippen LogP contribution in [0.2, 0.25) is 5.02 Å². The van der Waals surface area contributed by atoms with Gasteiger partial charge in [0.1, 0.15) is 5.82 Å². The molecule has 3 aromatic carbocycles.